The van der Waals surface area contributed by atoms with E-state index in [1.165, 1.54) is 7.11 Å². The van der Waals surface area contributed by atoms with Gasteiger partial charge in [-0.1, -0.05) is 6.08 Å². The van der Waals surface area contributed by atoms with Crippen LogP contribution in [0.3, 0.4) is 0 Å². The first-order chi connectivity index (χ1) is 12.6. The van der Waals surface area contributed by atoms with Gasteiger partial charge in [-0.3, -0.25) is 4.79 Å². The molecule has 2 aromatic rings. The SMILES string of the molecule is C=CCCc1nc2ccc(OC)cc2nc1O[C@H]1CN[C@H](C(=O)OC)C1.Cl. The molecule has 1 fully saturated rings. The zero-order valence-corrected chi connectivity index (χ0v) is 16.3. The van der Waals surface area contributed by atoms with Crippen molar-refractivity contribution in [1.82, 2.24) is 15.3 Å². The second-order valence-corrected chi connectivity index (χ2v) is 6.12. The predicted molar refractivity (Wildman–Crippen MR) is 105 cm³/mol. The number of benzene rings is 1. The van der Waals surface area contributed by atoms with Crippen LogP contribution in [0.5, 0.6) is 11.6 Å². The van der Waals surface area contributed by atoms with Crippen LogP contribution in [0.1, 0.15) is 18.5 Å². The van der Waals surface area contributed by atoms with Gasteiger partial charge in [-0.05, 0) is 25.0 Å². The molecular formula is C19H24ClN3O4. The molecule has 146 valence electrons. The highest BCUT2D eigenvalue weighted by Crippen LogP contribution is 2.26. The molecule has 0 radical (unpaired) electrons. The number of carbonyl (C=O) groups is 1. The normalized spacial score (nSPS) is 18.6. The van der Waals surface area contributed by atoms with Gasteiger partial charge >= 0.3 is 5.97 Å². The molecule has 2 atom stereocenters. The van der Waals surface area contributed by atoms with Crippen LogP contribution in [0.4, 0.5) is 0 Å². The van der Waals surface area contributed by atoms with Crippen molar-refractivity contribution in [3.8, 4) is 11.6 Å². The zero-order chi connectivity index (χ0) is 18.5. The molecule has 3 rings (SSSR count). The molecule has 8 heteroatoms. The van der Waals surface area contributed by atoms with Gasteiger partial charge in [-0.25, -0.2) is 9.97 Å². The molecule has 1 aliphatic heterocycles. The lowest BCUT2D eigenvalue weighted by molar-refractivity contribution is -0.142. The quantitative estimate of drug-likeness (QED) is 0.571. The lowest BCUT2D eigenvalue weighted by Crippen LogP contribution is -2.31. The first-order valence-corrected chi connectivity index (χ1v) is 8.58. The van der Waals surface area contributed by atoms with Crippen LogP contribution in [0.15, 0.2) is 30.9 Å². The van der Waals surface area contributed by atoms with Crippen molar-refractivity contribution in [1.29, 1.82) is 0 Å². The molecule has 2 heterocycles. The molecular weight excluding hydrogens is 370 g/mol. The highest BCUT2D eigenvalue weighted by atomic mass is 35.5. The fourth-order valence-corrected chi connectivity index (χ4v) is 2.95. The number of halogens is 1. The zero-order valence-electron chi connectivity index (χ0n) is 15.4. The minimum absolute atomic E-state index is 0. The summed E-state index contributed by atoms with van der Waals surface area (Å²) < 4.78 is 16.1. The fourth-order valence-electron chi connectivity index (χ4n) is 2.95. The van der Waals surface area contributed by atoms with E-state index in [2.05, 4.69) is 16.9 Å². The van der Waals surface area contributed by atoms with E-state index in [0.29, 0.717) is 36.5 Å². The van der Waals surface area contributed by atoms with Gasteiger partial charge in [0.2, 0.25) is 5.88 Å². The Morgan fingerprint density at radius 3 is 2.85 bits per heavy atom. The Morgan fingerprint density at radius 1 is 1.33 bits per heavy atom. The smallest absolute Gasteiger partial charge is 0.323 e. The van der Waals surface area contributed by atoms with Crippen LogP contribution >= 0.6 is 12.4 Å². The van der Waals surface area contributed by atoms with Crippen molar-refractivity contribution in [2.75, 3.05) is 20.8 Å². The Labute approximate surface area is 164 Å². The summed E-state index contributed by atoms with van der Waals surface area (Å²) in [6.45, 7) is 4.32. The Bertz CT molecular complexity index is 815. The van der Waals surface area contributed by atoms with E-state index in [-0.39, 0.29) is 30.5 Å². The van der Waals surface area contributed by atoms with Gasteiger partial charge in [0.15, 0.2) is 0 Å². The van der Waals surface area contributed by atoms with Gasteiger partial charge in [-0.2, -0.15) is 0 Å². The van der Waals surface area contributed by atoms with Crippen molar-refractivity contribution >= 4 is 29.4 Å². The van der Waals surface area contributed by atoms with Crippen molar-refractivity contribution < 1.29 is 19.0 Å². The van der Waals surface area contributed by atoms with E-state index in [1.54, 1.807) is 7.11 Å². The number of aryl methyl sites for hydroxylation is 1. The second-order valence-electron chi connectivity index (χ2n) is 6.12. The third kappa shape index (κ3) is 4.87. The summed E-state index contributed by atoms with van der Waals surface area (Å²) in [5.74, 6) is 0.923. The molecule has 1 aromatic carbocycles. The van der Waals surface area contributed by atoms with Gasteiger partial charge in [-0.15, -0.1) is 19.0 Å². The maximum atomic E-state index is 11.7. The Morgan fingerprint density at radius 2 is 2.15 bits per heavy atom. The van der Waals surface area contributed by atoms with Gasteiger partial charge in [0, 0.05) is 19.0 Å². The third-order valence-electron chi connectivity index (χ3n) is 4.35. The molecule has 7 nitrogen and oxygen atoms in total. The number of hydrogen-bond acceptors (Lipinski definition) is 7. The summed E-state index contributed by atoms with van der Waals surface area (Å²) >= 11 is 0. The molecule has 0 unspecified atom stereocenters. The Kier molecular flexibility index (Phi) is 7.38. The summed E-state index contributed by atoms with van der Waals surface area (Å²) in [5, 5.41) is 3.11. The van der Waals surface area contributed by atoms with E-state index in [9.17, 15) is 4.79 Å². The lowest BCUT2D eigenvalue weighted by atomic mass is 10.2. The van der Waals surface area contributed by atoms with Crippen molar-refractivity contribution in [2.24, 2.45) is 0 Å². The number of nitrogens with one attached hydrogen (secondary N) is 1. The van der Waals surface area contributed by atoms with E-state index < -0.39 is 0 Å². The largest absolute Gasteiger partial charge is 0.497 e. The maximum absolute atomic E-state index is 11.7. The molecule has 0 saturated carbocycles. The average molecular weight is 394 g/mol. The monoisotopic (exact) mass is 393 g/mol. The number of ether oxygens (including phenoxy) is 3. The molecule has 0 amide bonds. The molecule has 0 spiro atoms. The Hall–Kier alpha value is -2.38. The molecule has 1 saturated heterocycles. The van der Waals surface area contributed by atoms with Crippen molar-refractivity contribution in [3.63, 3.8) is 0 Å². The number of nitrogens with zero attached hydrogens (tertiary/aromatic N) is 2. The van der Waals surface area contributed by atoms with Crippen LogP contribution < -0.4 is 14.8 Å². The molecule has 1 aliphatic rings. The molecule has 0 bridgehead atoms. The van der Waals surface area contributed by atoms with E-state index in [1.807, 2.05) is 24.3 Å². The van der Waals surface area contributed by atoms with E-state index >= 15 is 0 Å². The number of hydrogen-bond donors (Lipinski definition) is 1. The van der Waals surface area contributed by atoms with Crippen LogP contribution in [-0.2, 0) is 16.0 Å². The summed E-state index contributed by atoms with van der Waals surface area (Å²) in [4.78, 5) is 21.0. The van der Waals surface area contributed by atoms with Crippen LogP contribution in [-0.4, -0.2) is 48.8 Å². The first-order valence-electron chi connectivity index (χ1n) is 8.58. The molecule has 0 aliphatic carbocycles. The van der Waals surface area contributed by atoms with Crippen LogP contribution in [0.25, 0.3) is 11.0 Å². The van der Waals surface area contributed by atoms with Crippen LogP contribution in [0.2, 0.25) is 0 Å². The van der Waals surface area contributed by atoms with E-state index in [4.69, 9.17) is 19.2 Å². The number of aromatic nitrogens is 2. The number of carbonyl (C=O) groups excluding carboxylic acids is 1. The molecule has 1 aromatic heterocycles. The van der Waals surface area contributed by atoms with Gasteiger partial charge < -0.3 is 19.5 Å². The van der Waals surface area contributed by atoms with Crippen molar-refractivity contribution in [3.05, 3.63) is 36.5 Å². The summed E-state index contributed by atoms with van der Waals surface area (Å²) in [6, 6.07) is 5.22. The number of rotatable bonds is 7. The molecule has 1 N–H and O–H groups in total. The fraction of sp³-hybridized carbons (Fsp3) is 0.421. The summed E-state index contributed by atoms with van der Waals surface area (Å²) in [5.41, 5.74) is 2.27. The topological polar surface area (TPSA) is 82.6 Å². The number of fused-ring (bicyclic) bond motifs is 1. The third-order valence-corrected chi connectivity index (χ3v) is 4.35. The lowest BCUT2D eigenvalue weighted by Gasteiger charge is -2.15. The second kappa shape index (κ2) is 9.53. The number of allylic oxidation sites excluding steroid dienone is 1. The number of esters is 1. The van der Waals surface area contributed by atoms with Crippen molar-refractivity contribution in [2.45, 2.75) is 31.4 Å². The standard InChI is InChI=1S/C19H23N3O4.ClH/c1-4-5-6-15-18(26-13-10-17(20-11-13)19(23)25-3)22-16-9-12(24-2)7-8-14(16)21-15;/h4,7-9,13,17,20H,1,5-6,10-11H2,2-3H3;1H/t13-,17+;/m1./s1. The van der Waals surface area contributed by atoms with Gasteiger partial charge in [0.05, 0.1) is 25.3 Å². The summed E-state index contributed by atoms with van der Waals surface area (Å²) in [7, 11) is 3.00. The van der Waals surface area contributed by atoms with E-state index in [0.717, 1.165) is 17.6 Å². The highest BCUT2D eigenvalue weighted by molar-refractivity contribution is 5.85. The average Bonchev–Trinajstić information content (AvgIpc) is 3.13. The minimum Gasteiger partial charge on any atom is -0.497 e. The Balaban J connectivity index is 0.00000261. The van der Waals surface area contributed by atoms with Crippen LogP contribution in [0, 0.1) is 0 Å². The van der Waals surface area contributed by atoms with Gasteiger partial charge in [0.1, 0.15) is 23.6 Å². The first kappa shape index (κ1) is 20.9. The summed E-state index contributed by atoms with van der Waals surface area (Å²) in [6.07, 6.45) is 3.67. The predicted octanol–water partition coefficient (Wildman–Crippen LogP) is 2.46. The number of methoxy groups -OCH3 is 2. The maximum Gasteiger partial charge on any atom is 0.323 e. The minimum atomic E-state index is -0.352. The molecule has 27 heavy (non-hydrogen) atoms. The van der Waals surface area contributed by atoms with Gasteiger partial charge in [0.25, 0.3) is 0 Å². The highest BCUT2D eigenvalue weighted by Gasteiger charge is 2.32.